The van der Waals surface area contributed by atoms with Crippen molar-refractivity contribution in [2.75, 3.05) is 19.0 Å². The Morgan fingerprint density at radius 1 is 1.36 bits per heavy atom. The molecule has 0 saturated carbocycles. The second kappa shape index (κ2) is 4.45. The van der Waals surface area contributed by atoms with Gasteiger partial charge in [0.05, 0.1) is 0 Å². The maximum atomic E-state index is 4.57. The first-order valence-electron chi connectivity index (χ1n) is 5.21. The van der Waals surface area contributed by atoms with Gasteiger partial charge in [0.1, 0.15) is 5.82 Å². The summed E-state index contributed by atoms with van der Waals surface area (Å²) in [6.07, 6.45) is 1.16. The molecule has 0 fully saturated rings. The van der Waals surface area contributed by atoms with Crippen molar-refractivity contribution >= 4 is 5.82 Å². The Kier molecular flexibility index (Phi) is 3.50. The van der Waals surface area contributed by atoms with Gasteiger partial charge in [-0.1, -0.05) is 19.9 Å². The van der Waals surface area contributed by atoms with Crippen LogP contribution in [0.1, 0.15) is 37.4 Å². The topological polar surface area (TPSA) is 16.1 Å². The van der Waals surface area contributed by atoms with E-state index in [0.29, 0.717) is 5.92 Å². The van der Waals surface area contributed by atoms with Crippen LogP contribution >= 0.6 is 0 Å². The van der Waals surface area contributed by atoms with Crippen molar-refractivity contribution in [3.8, 4) is 0 Å². The lowest BCUT2D eigenvalue weighted by Gasteiger charge is -2.20. The molecule has 0 amide bonds. The van der Waals surface area contributed by atoms with Crippen LogP contribution in [0, 0.1) is 6.92 Å². The lowest BCUT2D eigenvalue weighted by molar-refractivity contribution is 0.726. The zero-order chi connectivity index (χ0) is 10.7. The largest absolute Gasteiger partial charge is 0.363 e. The second-order valence-corrected chi connectivity index (χ2v) is 4.07. The van der Waals surface area contributed by atoms with E-state index in [4.69, 9.17) is 0 Å². The molecule has 1 aromatic heterocycles. The van der Waals surface area contributed by atoms with Crippen LogP contribution in [0.4, 0.5) is 5.82 Å². The van der Waals surface area contributed by atoms with Crippen LogP contribution in [0.2, 0.25) is 0 Å². The highest BCUT2D eigenvalue weighted by Crippen LogP contribution is 2.26. The van der Waals surface area contributed by atoms with E-state index < -0.39 is 0 Å². The van der Waals surface area contributed by atoms with E-state index >= 15 is 0 Å². The lowest BCUT2D eigenvalue weighted by Crippen LogP contribution is -2.14. The van der Waals surface area contributed by atoms with Crippen LogP contribution in [0.15, 0.2) is 12.1 Å². The molecule has 1 atom stereocenters. The van der Waals surface area contributed by atoms with E-state index in [0.717, 1.165) is 17.9 Å². The van der Waals surface area contributed by atoms with E-state index in [1.54, 1.807) is 0 Å². The van der Waals surface area contributed by atoms with Gasteiger partial charge >= 0.3 is 0 Å². The lowest BCUT2D eigenvalue weighted by atomic mass is 9.99. The number of hydrogen-bond donors (Lipinski definition) is 0. The van der Waals surface area contributed by atoms with Gasteiger partial charge in [-0.15, -0.1) is 0 Å². The van der Waals surface area contributed by atoms with Crippen LogP contribution in [0.5, 0.6) is 0 Å². The van der Waals surface area contributed by atoms with Crippen LogP contribution in [0.25, 0.3) is 0 Å². The fraction of sp³-hybridized carbons (Fsp3) is 0.583. The molecule has 1 unspecified atom stereocenters. The van der Waals surface area contributed by atoms with Crippen LogP contribution < -0.4 is 4.90 Å². The molecule has 2 nitrogen and oxygen atoms in total. The molecular weight excluding hydrogens is 172 g/mol. The molecule has 0 spiro atoms. The Morgan fingerprint density at radius 3 is 2.50 bits per heavy atom. The Balaban J connectivity index is 3.14. The van der Waals surface area contributed by atoms with E-state index in [-0.39, 0.29) is 0 Å². The normalized spacial score (nSPS) is 12.6. The zero-order valence-electron chi connectivity index (χ0n) is 9.83. The van der Waals surface area contributed by atoms with Gasteiger partial charge in [0.25, 0.3) is 0 Å². The van der Waals surface area contributed by atoms with E-state index in [1.807, 2.05) is 21.0 Å². The Hall–Kier alpha value is -1.05. The quantitative estimate of drug-likeness (QED) is 0.732. The minimum atomic E-state index is 0.584. The van der Waals surface area contributed by atoms with Gasteiger partial charge in [0, 0.05) is 19.8 Å². The van der Waals surface area contributed by atoms with Crippen molar-refractivity contribution in [3.63, 3.8) is 0 Å². The molecule has 1 rings (SSSR count). The van der Waals surface area contributed by atoms with E-state index in [1.165, 1.54) is 5.56 Å². The van der Waals surface area contributed by atoms with Gasteiger partial charge in [-0.2, -0.15) is 0 Å². The highest BCUT2D eigenvalue weighted by molar-refractivity contribution is 5.48. The zero-order valence-corrected chi connectivity index (χ0v) is 9.83. The van der Waals surface area contributed by atoms with Gasteiger partial charge in [-0.3, -0.25) is 0 Å². The van der Waals surface area contributed by atoms with Gasteiger partial charge < -0.3 is 4.90 Å². The minimum Gasteiger partial charge on any atom is -0.363 e. The number of aryl methyl sites for hydroxylation is 1. The number of rotatable bonds is 3. The summed E-state index contributed by atoms with van der Waals surface area (Å²) in [4.78, 5) is 6.66. The van der Waals surface area contributed by atoms with Crippen molar-refractivity contribution in [3.05, 3.63) is 23.4 Å². The Morgan fingerprint density at radius 2 is 2.00 bits per heavy atom. The number of aromatic nitrogens is 1. The smallest absolute Gasteiger partial charge is 0.131 e. The molecule has 78 valence electrons. The first-order valence-corrected chi connectivity index (χ1v) is 5.21. The first-order chi connectivity index (χ1) is 6.56. The second-order valence-electron chi connectivity index (χ2n) is 4.07. The summed E-state index contributed by atoms with van der Waals surface area (Å²) in [6, 6.07) is 4.29. The molecule has 0 aliphatic carbocycles. The van der Waals surface area contributed by atoms with E-state index in [9.17, 15) is 0 Å². The molecule has 0 saturated heterocycles. The third-order valence-electron chi connectivity index (χ3n) is 2.61. The summed E-state index contributed by atoms with van der Waals surface area (Å²) in [7, 11) is 4.10. The standard InChI is InChI=1S/C12H20N2/c1-6-9(2)11-8-7-10(3)13-12(11)14(4)5/h7-9H,6H2,1-5H3. The summed E-state index contributed by atoms with van der Waals surface area (Å²) < 4.78 is 0. The summed E-state index contributed by atoms with van der Waals surface area (Å²) in [6.45, 7) is 6.50. The number of nitrogens with zero attached hydrogens (tertiary/aromatic N) is 2. The summed E-state index contributed by atoms with van der Waals surface area (Å²) in [5.41, 5.74) is 2.43. The molecule has 1 heterocycles. The van der Waals surface area contributed by atoms with Crippen molar-refractivity contribution in [1.29, 1.82) is 0 Å². The summed E-state index contributed by atoms with van der Waals surface area (Å²) >= 11 is 0. The molecule has 0 aromatic carbocycles. The van der Waals surface area contributed by atoms with Gasteiger partial charge in [-0.05, 0) is 30.9 Å². The van der Waals surface area contributed by atoms with E-state index in [2.05, 4.69) is 35.9 Å². The monoisotopic (exact) mass is 192 g/mol. The molecular formula is C12H20N2. The summed E-state index contributed by atoms with van der Waals surface area (Å²) in [5.74, 6) is 1.69. The SMILES string of the molecule is CCC(C)c1ccc(C)nc1N(C)C. The average Bonchev–Trinajstić information content (AvgIpc) is 2.16. The predicted molar refractivity (Wildman–Crippen MR) is 62.0 cm³/mol. The fourth-order valence-electron chi connectivity index (χ4n) is 1.52. The fourth-order valence-corrected chi connectivity index (χ4v) is 1.52. The molecule has 0 aliphatic rings. The predicted octanol–water partition coefficient (Wildman–Crippen LogP) is 2.97. The molecule has 2 heteroatoms. The van der Waals surface area contributed by atoms with Crippen LogP contribution in [-0.4, -0.2) is 19.1 Å². The maximum Gasteiger partial charge on any atom is 0.131 e. The molecule has 1 aromatic rings. The van der Waals surface area contributed by atoms with Crippen LogP contribution in [-0.2, 0) is 0 Å². The number of pyridine rings is 1. The minimum absolute atomic E-state index is 0.584. The molecule has 0 radical (unpaired) electrons. The third kappa shape index (κ3) is 2.25. The molecule has 14 heavy (non-hydrogen) atoms. The van der Waals surface area contributed by atoms with Gasteiger partial charge in [0.2, 0.25) is 0 Å². The number of hydrogen-bond acceptors (Lipinski definition) is 2. The third-order valence-corrected chi connectivity index (χ3v) is 2.61. The highest BCUT2D eigenvalue weighted by atomic mass is 15.1. The number of anilines is 1. The first kappa shape index (κ1) is 11.0. The highest BCUT2D eigenvalue weighted by Gasteiger charge is 2.11. The Labute approximate surface area is 87.0 Å². The van der Waals surface area contributed by atoms with Crippen molar-refractivity contribution in [2.45, 2.75) is 33.1 Å². The summed E-state index contributed by atoms with van der Waals surface area (Å²) in [5, 5.41) is 0. The van der Waals surface area contributed by atoms with Crippen molar-refractivity contribution in [1.82, 2.24) is 4.98 Å². The van der Waals surface area contributed by atoms with Gasteiger partial charge in [0.15, 0.2) is 0 Å². The molecule has 0 bridgehead atoms. The van der Waals surface area contributed by atoms with Gasteiger partial charge in [-0.25, -0.2) is 4.98 Å². The van der Waals surface area contributed by atoms with Crippen molar-refractivity contribution in [2.24, 2.45) is 0 Å². The molecule has 0 aliphatic heterocycles. The molecule has 0 N–H and O–H groups in total. The van der Waals surface area contributed by atoms with Crippen molar-refractivity contribution < 1.29 is 0 Å². The Bertz CT molecular complexity index is 305. The maximum absolute atomic E-state index is 4.57. The average molecular weight is 192 g/mol. The van der Waals surface area contributed by atoms with Crippen LogP contribution in [0.3, 0.4) is 0 Å².